The Morgan fingerprint density at radius 3 is 2.41 bits per heavy atom. The van der Waals surface area contributed by atoms with E-state index in [1.54, 1.807) is 24.3 Å². The topological polar surface area (TPSA) is 72.6 Å². The van der Waals surface area contributed by atoms with Crippen molar-refractivity contribution in [3.63, 3.8) is 0 Å². The Labute approximate surface area is 127 Å². The van der Waals surface area contributed by atoms with Crippen molar-refractivity contribution in [2.45, 2.75) is 19.9 Å². The van der Waals surface area contributed by atoms with Crippen molar-refractivity contribution in [2.75, 3.05) is 0 Å². The molecule has 1 aliphatic carbocycles. The number of hydrogen-bond acceptors (Lipinski definition) is 4. The molecule has 0 radical (unpaired) electrons. The second kappa shape index (κ2) is 5.18. The summed E-state index contributed by atoms with van der Waals surface area (Å²) < 4.78 is 0. The fourth-order valence-electron chi connectivity index (χ4n) is 2.72. The lowest BCUT2D eigenvalue weighted by Gasteiger charge is -2.06. The zero-order valence-corrected chi connectivity index (χ0v) is 12.2. The molecule has 5 nitrogen and oxygen atoms in total. The van der Waals surface area contributed by atoms with Crippen LogP contribution in [-0.2, 0) is 0 Å². The van der Waals surface area contributed by atoms with Gasteiger partial charge in [-0.2, -0.15) is 0 Å². The van der Waals surface area contributed by atoms with Crippen molar-refractivity contribution in [1.29, 1.82) is 0 Å². The lowest BCUT2D eigenvalue weighted by Crippen LogP contribution is -2.31. The van der Waals surface area contributed by atoms with E-state index in [1.807, 2.05) is 32.0 Å². The molecule has 1 aliphatic rings. The van der Waals surface area contributed by atoms with Crippen molar-refractivity contribution < 1.29 is 9.72 Å². The fraction of sp³-hybridized carbons (Fsp3) is 0.176. The van der Waals surface area contributed by atoms with Gasteiger partial charge in [-0.1, -0.05) is 42.0 Å². The van der Waals surface area contributed by atoms with Gasteiger partial charge in [0.15, 0.2) is 0 Å². The van der Waals surface area contributed by atoms with E-state index in [0.717, 1.165) is 11.1 Å². The van der Waals surface area contributed by atoms with Crippen molar-refractivity contribution in [1.82, 2.24) is 0 Å². The third-order valence-electron chi connectivity index (χ3n) is 3.78. The number of benzene rings is 2. The number of rotatable bonds is 2. The molecule has 2 aromatic rings. The molecule has 22 heavy (non-hydrogen) atoms. The van der Waals surface area contributed by atoms with Gasteiger partial charge in [-0.25, -0.2) is 4.99 Å². The third kappa shape index (κ3) is 2.20. The van der Waals surface area contributed by atoms with Gasteiger partial charge in [0.2, 0.25) is 5.78 Å². The van der Waals surface area contributed by atoms with Crippen LogP contribution in [0.3, 0.4) is 0 Å². The molecule has 0 aromatic heterocycles. The Morgan fingerprint density at radius 1 is 1.09 bits per heavy atom. The summed E-state index contributed by atoms with van der Waals surface area (Å²) in [5.41, 5.74) is 3.80. The smallest absolute Gasteiger partial charge is 0.286 e. The second-order valence-corrected chi connectivity index (χ2v) is 5.38. The van der Waals surface area contributed by atoms with E-state index in [-0.39, 0.29) is 5.71 Å². The molecule has 3 rings (SSSR count). The van der Waals surface area contributed by atoms with Gasteiger partial charge >= 0.3 is 6.04 Å². The highest BCUT2D eigenvalue weighted by molar-refractivity contribution is 6.30. The quantitative estimate of drug-likeness (QED) is 0.630. The summed E-state index contributed by atoms with van der Waals surface area (Å²) in [5, 5.41) is 11.3. The zero-order chi connectivity index (χ0) is 15.9. The van der Waals surface area contributed by atoms with E-state index in [9.17, 15) is 14.9 Å². The van der Waals surface area contributed by atoms with Crippen LogP contribution in [0.25, 0.3) is 0 Å². The van der Waals surface area contributed by atoms with E-state index in [0.29, 0.717) is 16.8 Å². The van der Waals surface area contributed by atoms with Crippen molar-refractivity contribution >= 4 is 17.2 Å². The number of aryl methyl sites for hydroxylation is 2. The van der Waals surface area contributed by atoms with Crippen LogP contribution in [0.5, 0.6) is 0 Å². The average Bonchev–Trinajstić information content (AvgIpc) is 2.75. The predicted octanol–water partition coefficient (Wildman–Crippen LogP) is 3.27. The Kier molecular flexibility index (Phi) is 3.33. The minimum absolute atomic E-state index is 0.220. The Hall–Kier alpha value is -2.82. The van der Waals surface area contributed by atoms with Gasteiger partial charge < -0.3 is 0 Å². The molecule has 0 fully saturated rings. The Bertz CT molecular complexity index is 824. The molecule has 0 amide bonds. The van der Waals surface area contributed by atoms with E-state index < -0.39 is 16.7 Å². The summed E-state index contributed by atoms with van der Waals surface area (Å²) in [4.78, 5) is 27.5. The first kappa shape index (κ1) is 14.1. The molecular weight excluding hydrogens is 280 g/mol. The first-order valence-corrected chi connectivity index (χ1v) is 6.92. The molecule has 0 bridgehead atoms. The molecule has 0 saturated heterocycles. The average molecular weight is 294 g/mol. The van der Waals surface area contributed by atoms with Crippen molar-refractivity contribution in [3.05, 3.63) is 74.8 Å². The van der Waals surface area contributed by atoms with Crippen molar-refractivity contribution in [2.24, 2.45) is 4.99 Å². The molecule has 0 spiro atoms. The lowest BCUT2D eigenvalue weighted by molar-refractivity contribution is -0.485. The number of carbonyl (C=O) groups excluding carboxylic acids is 1. The maximum atomic E-state index is 12.3. The van der Waals surface area contributed by atoms with E-state index in [2.05, 4.69) is 4.99 Å². The van der Waals surface area contributed by atoms with Crippen LogP contribution in [0.4, 0.5) is 5.69 Å². The molecule has 0 heterocycles. The number of aliphatic imine (C=N–C) groups is 1. The van der Waals surface area contributed by atoms with Gasteiger partial charge in [-0.3, -0.25) is 14.9 Å². The van der Waals surface area contributed by atoms with Gasteiger partial charge in [0, 0.05) is 16.1 Å². The van der Waals surface area contributed by atoms with Crippen LogP contribution in [0.15, 0.2) is 47.5 Å². The Balaban J connectivity index is 2.20. The third-order valence-corrected chi connectivity index (χ3v) is 3.78. The highest BCUT2D eigenvalue weighted by atomic mass is 16.6. The number of nitrogens with zero attached hydrogens (tertiary/aromatic N) is 2. The van der Waals surface area contributed by atoms with Gasteiger partial charge in [-0.15, -0.1) is 0 Å². The standard InChI is InChI=1S/C17H14N2O3/c1-10-7-8-14(11(2)9-10)18-15-12-5-3-4-6-13(12)17(20)16(15)19(21)22/h3-9,16H,1-2H3. The molecule has 0 saturated carbocycles. The zero-order valence-electron chi connectivity index (χ0n) is 12.2. The molecule has 0 aliphatic heterocycles. The van der Waals surface area contributed by atoms with Gasteiger partial charge in [0.05, 0.1) is 5.69 Å². The molecule has 0 N–H and O–H groups in total. The SMILES string of the molecule is Cc1ccc(N=C2c3ccccc3C(=O)C2[N+](=O)[O-])c(C)c1. The molecule has 1 unspecified atom stereocenters. The van der Waals surface area contributed by atoms with E-state index in [1.165, 1.54) is 0 Å². The maximum Gasteiger partial charge on any atom is 0.316 e. The number of nitro groups is 1. The lowest BCUT2D eigenvalue weighted by atomic mass is 10.1. The number of ketones is 1. The molecular formula is C17H14N2O3. The van der Waals surface area contributed by atoms with Crippen LogP contribution in [0.1, 0.15) is 27.0 Å². The number of hydrogen-bond donors (Lipinski definition) is 0. The summed E-state index contributed by atoms with van der Waals surface area (Å²) in [6, 6.07) is 11.0. The second-order valence-electron chi connectivity index (χ2n) is 5.38. The molecule has 110 valence electrons. The Morgan fingerprint density at radius 2 is 1.77 bits per heavy atom. The summed E-state index contributed by atoms with van der Waals surface area (Å²) in [6.45, 7) is 3.87. The first-order valence-electron chi connectivity index (χ1n) is 6.92. The summed E-state index contributed by atoms with van der Waals surface area (Å²) in [7, 11) is 0. The van der Waals surface area contributed by atoms with Gasteiger partial charge in [0.1, 0.15) is 5.71 Å². The van der Waals surface area contributed by atoms with Gasteiger partial charge in [0.25, 0.3) is 0 Å². The number of Topliss-reactive ketones (excluding diaryl/α,β-unsaturated/α-hetero) is 1. The monoisotopic (exact) mass is 294 g/mol. The fourth-order valence-corrected chi connectivity index (χ4v) is 2.72. The number of carbonyl (C=O) groups is 1. The summed E-state index contributed by atoms with van der Waals surface area (Å²) in [6.07, 6.45) is 0. The largest absolute Gasteiger partial charge is 0.316 e. The summed E-state index contributed by atoms with van der Waals surface area (Å²) >= 11 is 0. The van der Waals surface area contributed by atoms with E-state index >= 15 is 0 Å². The van der Waals surface area contributed by atoms with Crippen molar-refractivity contribution in [3.8, 4) is 0 Å². The maximum absolute atomic E-state index is 12.3. The van der Waals surface area contributed by atoms with Gasteiger partial charge in [-0.05, 0) is 25.5 Å². The number of fused-ring (bicyclic) bond motifs is 1. The highest BCUT2D eigenvalue weighted by Gasteiger charge is 2.45. The molecule has 2 aromatic carbocycles. The highest BCUT2D eigenvalue weighted by Crippen LogP contribution is 2.28. The minimum Gasteiger partial charge on any atom is -0.286 e. The van der Waals surface area contributed by atoms with Crippen LogP contribution >= 0.6 is 0 Å². The first-order chi connectivity index (χ1) is 10.5. The normalized spacial score (nSPS) is 18.5. The molecule has 1 atom stereocenters. The van der Waals surface area contributed by atoms with Crippen LogP contribution in [-0.4, -0.2) is 22.5 Å². The van der Waals surface area contributed by atoms with E-state index in [4.69, 9.17) is 0 Å². The van der Waals surface area contributed by atoms with Crippen LogP contribution in [0.2, 0.25) is 0 Å². The minimum atomic E-state index is -1.42. The molecule has 5 heteroatoms. The summed E-state index contributed by atoms with van der Waals surface area (Å²) in [5.74, 6) is -0.496. The van der Waals surface area contributed by atoms with Crippen LogP contribution < -0.4 is 0 Å². The predicted molar refractivity (Wildman–Crippen MR) is 83.7 cm³/mol. The van der Waals surface area contributed by atoms with Crippen LogP contribution in [0, 0.1) is 24.0 Å².